The maximum atomic E-state index is 11.7. The number of imidazole rings is 1. The second-order valence-corrected chi connectivity index (χ2v) is 4.98. The number of unbranched alkanes of at least 4 members (excludes halogenated alkanes) is 1. The minimum absolute atomic E-state index is 0.0356. The number of nitrogens with zero attached hydrogens (tertiary/aromatic N) is 1. The molecule has 0 radical (unpaired) electrons. The Hall–Kier alpha value is -1.68. The zero-order chi connectivity index (χ0) is 13.8. The van der Waals surface area contributed by atoms with E-state index in [0.717, 1.165) is 18.4 Å². The molecule has 0 saturated carbocycles. The van der Waals surface area contributed by atoms with E-state index in [9.17, 15) is 9.90 Å². The number of aromatic amines is 1. The molecule has 0 amide bonds. The Bertz CT molecular complexity index is 599. The van der Waals surface area contributed by atoms with Gasteiger partial charge in [-0.25, -0.2) is 4.79 Å². The summed E-state index contributed by atoms with van der Waals surface area (Å²) in [6, 6.07) is 7.34. The van der Waals surface area contributed by atoms with Gasteiger partial charge < -0.3 is 10.1 Å². The largest absolute Gasteiger partial charge is 0.493 e. The SMILES string of the molecule is CCCCn1c(O)c(Cc2ccc(Cl)cc2)[nH]c1=O. The molecule has 5 heteroatoms. The molecule has 2 aromatic rings. The number of H-pyrrole nitrogens is 1. The number of halogens is 1. The molecule has 1 heterocycles. The molecule has 0 saturated heterocycles. The molecule has 0 atom stereocenters. The number of nitrogens with one attached hydrogen (secondary N) is 1. The highest BCUT2D eigenvalue weighted by atomic mass is 35.5. The third-order valence-electron chi connectivity index (χ3n) is 3.06. The van der Waals surface area contributed by atoms with Gasteiger partial charge in [-0.15, -0.1) is 0 Å². The second kappa shape index (κ2) is 5.97. The quantitative estimate of drug-likeness (QED) is 0.885. The summed E-state index contributed by atoms with van der Waals surface area (Å²) in [4.78, 5) is 14.4. The predicted molar refractivity (Wildman–Crippen MR) is 75.9 cm³/mol. The summed E-state index contributed by atoms with van der Waals surface area (Å²) in [7, 11) is 0. The molecule has 0 bridgehead atoms. The lowest BCUT2D eigenvalue weighted by Crippen LogP contribution is -2.16. The third-order valence-corrected chi connectivity index (χ3v) is 3.31. The van der Waals surface area contributed by atoms with Crippen molar-refractivity contribution >= 4 is 11.6 Å². The van der Waals surface area contributed by atoms with E-state index in [2.05, 4.69) is 4.98 Å². The van der Waals surface area contributed by atoms with Gasteiger partial charge in [0, 0.05) is 18.0 Å². The van der Waals surface area contributed by atoms with Crippen LogP contribution in [-0.4, -0.2) is 14.7 Å². The zero-order valence-corrected chi connectivity index (χ0v) is 11.6. The Balaban J connectivity index is 2.21. The number of hydrogen-bond acceptors (Lipinski definition) is 2. The van der Waals surface area contributed by atoms with Crippen molar-refractivity contribution < 1.29 is 5.11 Å². The number of aromatic hydroxyl groups is 1. The van der Waals surface area contributed by atoms with Crippen molar-refractivity contribution in [1.29, 1.82) is 0 Å². The van der Waals surface area contributed by atoms with Crippen LogP contribution in [0.5, 0.6) is 5.88 Å². The first kappa shape index (κ1) is 13.7. The molecule has 0 aliphatic carbocycles. The molecule has 0 aliphatic rings. The van der Waals surface area contributed by atoms with Gasteiger partial charge in [0.1, 0.15) is 0 Å². The summed E-state index contributed by atoms with van der Waals surface area (Å²) in [6.07, 6.45) is 2.33. The summed E-state index contributed by atoms with van der Waals surface area (Å²) >= 11 is 5.82. The van der Waals surface area contributed by atoms with E-state index < -0.39 is 0 Å². The van der Waals surface area contributed by atoms with Gasteiger partial charge in [-0.05, 0) is 24.1 Å². The summed E-state index contributed by atoms with van der Waals surface area (Å²) in [6.45, 7) is 2.58. The van der Waals surface area contributed by atoms with Gasteiger partial charge in [0.15, 0.2) is 0 Å². The van der Waals surface area contributed by atoms with Gasteiger partial charge in [-0.3, -0.25) is 4.57 Å². The van der Waals surface area contributed by atoms with Gasteiger partial charge in [0.05, 0.1) is 5.69 Å². The lowest BCUT2D eigenvalue weighted by molar-refractivity contribution is 0.404. The van der Waals surface area contributed by atoms with Gasteiger partial charge in [0.2, 0.25) is 5.88 Å². The lowest BCUT2D eigenvalue weighted by atomic mass is 10.1. The topological polar surface area (TPSA) is 58.0 Å². The molecule has 0 unspecified atom stereocenters. The third kappa shape index (κ3) is 3.20. The van der Waals surface area contributed by atoms with Gasteiger partial charge >= 0.3 is 5.69 Å². The smallest absolute Gasteiger partial charge is 0.328 e. The van der Waals surface area contributed by atoms with E-state index in [1.165, 1.54) is 4.57 Å². The molecule has 1 aromatic carbocycles. The average molecular weight is 281 g/mol. The van der Waals surface area contributed by atoms with Crippen LogP contribution in [0.1, 0.15) is 31.0 Å². The van der Waals surface area contributed by atoms with E-state index in [1.54, 1.807) is 12.1 Å². The number of benzene rings is 1. The number of hydrogen-bond donors (Lipinski definition) is 2. The molecule has 0 aliphatic heterocycles. The van der Waals surface area contributed by atoms with E-state index in [4.69, 9.17) is 11.6 Å². The van der Waals surface area contributed by atoms with Crippen LogP contribution < -0.4 is 5.69 Å². The van der Waals surface area contributed by atoms with Crippen molar-refractivity contribution in [2.75, 3.05) is 0 Å². The predicted octanol–water partition coefficient (Wildman–Crippen LogP) is 2.93. The Morgan fingerprint density at radius 1 is 1.32 bits per heavy atom. The standard InChI is InChI=1S/C14H17ClN2O2/c1-2-3-8-17-13(18)12(16-14(17)19)9-10-4-6-11(15)7-5-10/h4-7,18H,2-3,8-9H2,1H3,(H,16,19). The molecular formula is C14H17ClN2O2. The molecule has 0 spiro atoms. The first-order valence-corrected chi connectivity index (χ1v) is 6.74. The number of rotatable bonds is 5. The summed E-state index contributed by atoms with van der Waals surface area (Å²) < 4.78 is 1.38. The Kier molecular flexibility index (Phi) is 4.32. The average Bonchev–Trinajstić information content (AvgIpc) is 2.65. The van der Waals surface area contributed by atoms with E-state index in [1.807, 2.05) is 19.1 Å². The molecule has 1 aromatic heterocycles. The Morgan fingerprint density at radius 2 is 2.00 bits per heavy atom. The minimum atomic E-state index is -0.255. The highest BCUT2D eigenvalue weighted by Gasteiger charge is 2.12. The first-order valence-electron chi connectivity index (χ1n) is 6.37. The fourth-order valence-electron chi connectivity index (χ4n) is 1.96. The molecule has 2 N–H and O–H groups in total. The van der Waals surface area contributed by atoms with Crippen LogP contribution in [0, 0.1) is 0 Å². The summed E-state index contributed by atoms with van der Waals surface area (Å²) in [5.74, 6) is 0.0356. The van der Waals surface area contributed by atoms with Crippen LogP contribution in [0.2, 0.25) is 5.02 Å². The van der Waals surface area contributed by atoms with Crippen LogP contribution in [0.4, 0.5) is 0 Å². The van der Waals surface area contributed by atoms with Crippen molar-refractivity contribution in [3.63, 3.8) is 0 Å². The fourth-order valence-corrected chi connectivity index (χ4v) is 2.09. The fraction of sp³-hybridized carbons (Fsp3) is 0.357. The molecule has 2 rings (SSSR count). The maximum Gasteiger partial charge on any atom is 0.328 e. The van der Waals surface area contributed by atoms with Crippen LogP contribution in [0.25, 0.3) is 0 Å². The van der Waals surface area contributed by atoms with Crippen molar-refractivity contribution in [3.8, 4) is 5.88 Å². The monoisotopic (exact) mass is 280 g/mol. The Labute approximate surface area is 116 Å². The van der Waals surface area contributed by atoms with Crippen LogP contribution in [-0.2, 0) is 13.0 Å². The normalized spacial score (nSPS) is 10.8. The Morgan fingerprint density at radius 3 is 2.63 bits per heavy atom. The molecule has 102 valence electrons. The van der Waals surface area contributed by atoms with Crippen molar-refractivity contribution in [3.05, 3.63) is 51.0 Å². The molecule has 4 nitrogen and oxygen atoms in total. The first-order chi connectivity index (χ1) is 9.11. The maximum absolute atomic E-state index is 11.7. The molecule has 0 fully saturated rings. The van der Waals surface area contributed by atoms with Crippen molar-refractivity contribution in [2.45, 2.75) is 32.7 Å². The molecular weight excluding hydrogens is 264 g/mol. The number of aromatic nitrogens is 2. The van der Waals surface area contributed by atoms with Gasteiger partial charge in [-0.1, -0.05) is 37.1 Å². The highest BCUT2D eigenvalue weighted by molar-refractivity contribution is 6.30. The second-order valence-electron chi connectivity index (χ2n) is 4.54. The van der Waals surface area contributed by atoms with Gasteiger partial charge in [0.25, 0.3) is 0 Å². The summed E-state index contributed by atoms with van der Waals surface area (Å²) in [5.41, 5.74) is 1.28. The van der Waals surface area contributed by atoms with Crippen LogP contribution >= 0.6 is 11.6 Å². The van der Waals surface area contributed by atoms with Crippen LogP contribution in [0.3, 0.4) is 0 Å². The van der Waals surface area contributed by atoms with E-state index >= 15 is 0 Å². The lowest BCUT2D eigenvalue weighted by Gasteiger charge is -2.03. The van der Waals surface area contributed by atoms with Crippen molar-refractivity contribution in [2.24, 2.45) is 0 Å². The van der Waals surface area contributed by atoms with E-state index in [-0.39, 0.29) is 11.6 Å². The van der Waals surface area contributed by atoms with E-state index in [0.29, 0.717) is 23.7 Å². The van der Waals surface area contributed by atoms with Crippen LogP contribution in [0.15, 0.2) is 29.1 Å². The molecule has 19 heavy (non-hydrogen) atoms. The minimum Gasteiger partial charge on any atom is -0.493 e. The zero-order valence-electron chi connectivity index (χ0n) is 10.8. The van der Waals surface area contributed by atoms with Crippen molar-refractivity contribution in [1.82, 2.24) is 9.55 Å². The van der Waals surface area contributed by atoms with Gasteiger partial charge in [-0.2, -0.15) is 0 Å². The highest BCUT2D eigenvalue weighted by Crippen LogP contribution is 2.18. The summed E-state index contributed by atoms with van der Waals surface area (Å²) in [5, 5.41) is 10.7.